The molecule has 4 rings (SSSR count). The first kappa shape index (κ1) is 26.9. The normalized spacial score (nSPS) is 20.8. The van der Waals surface area contributed by atoms with Crippen molar-refractivity contribution < 1.29 is 29.3 Å². The third kappa shape index (κ3) is 6.06. The molecule has 2 aromatic rings. The van der Waals surface area contributed by atoms with Crippen LogP contribution in [-0.2, 0) is 22.6 Å². The van der Waals surface area contributed by atoms with Crippen molar-refractivity contribution >= 4 is 11.9 Å². The maximum absolute atomic E-state index is 13.4. The van der Waals surface area contributed by atoms with Gasteiger partial charge in [-0.15, -0.1) is 0 Å². The Hall–Kier alpha value is -3.14. The molecule has 0 saturated carbocycles. The fourth-order valence-corrected chi connectivity index (χ4v) is 5.50. The molecule has 0 radical (unpaired) electrons. The van der Waals surface area contributed by atoms with Gasteiger partial charge in [-0.2, -0.15) is 0 Å². The van der Waals surface area contributed by atoms with Crippen LogP contribution < -0.4 is 15.2 Å². The molecule has 2 aliphatic rings. The number of fused-ring (bicyclic) bond motifs is 1. The number of unbranched alkanes of at least 4 members (excludes halogenated alkanes) is 1. The number of carbonyl (C=O) groups is 2. The van der Waals surface area contributed by atoms with Crippen molar-refractivity contribution in [1.29, 1.82) is 0 Å². The van der Waals surface area contributed by atoms with Gasteiger partial charge in [-0.05, 0) is 41.7 Å². The standard InChI is InChI=1S/C28H37N3O6/c1-2-3-11-30(12-10-29)26(33)16-31-15-22(20-8-9-24-25(14-20)37-18-36-24)27(28(34)35)23(31)13-19-6-4-5-7-21(19)17-32/h4-9,14,22-23,27,32H,2-3,10-13,15-18,29H2,1H3,(H,34,35)/t22-,23+,27-/m1/s1. The Morgan fingerprint density at radius 1 is 1.11 bits per heavy atom. The van der Waals surface area contributed by atoms with E-state index in [1.54, 1.807) is 4.90 Å². The number of amides is 1. The van der Waals surface area contributed by atoms with Gasteiger partial charge >= 0.3 is 5.97 Å². The minimum Gasteiger partial charge on any atom is -0.481 e. The van der Waals surface area contributed by atoms with Gasteiger partial charge < -0.3 is 30.3 Å². The van der Waals surface area contributed by atoms with Crippen molar-refractivity contribution in [1.82, 2.24) is 9.80 Å². The maximum atomic E-state index is 13.4. The molecule has 2 aromatic carbocycles. The lowest BCUT2D eigenvalue weighted by molar-refractivity contribution is -0.143. The van der Waals surface area contributed by atoms with E-state index in [4.69, 9.17) is 15.2 Å². The number of aliphatic hydroxyl groups is 1. The van der Waals surface area contributed by atoms with Gasteiger partial charge in [0.15, 0.2) is 11.5 Å². The van der Waals surface area contributed by atoms with E-state index in [1.807, 2.05) is 47.4 Å². The van der Waals surface area contributed by atoms with Crippen molar-refractivity contribution in [3.63, 3.8) is 0 Å². The highest BCUT2D eigenvalue weighted by Crippen LogP contribution is 2.42. The van der Waals surface area contributed by atoms with Gasteiger partial charge in [0.2, 0.25) is 12.7 Å². The van der Waals surface area contributed by atoms with Crippen LogP contribution in [-0.4, -0.2) is 77.4 Å². The van der Waals surface area contributed by atoms with Gasteiger partial charge in [0.05, 0.1) is 19.1 Å². The second kappa shape index (κ2) is 12.4. The zero-order chi connectivity index (χ0) is 26.4. The Morgan fingerprint density at radius 2 is 1.86 bits per heavy atom. The van der Waals surface area contributed by atoms with Crippen LogP contribution in [0.1, 0.15) is 42.4 Å². The summed E-state index contributed by atoms with van der Waals surface area (Å²) >= 11 is 0. The minimum absolute atomic E-state index is 0.0465. The van der Waals surface area contributed by atoms with Crippen molar-refractivity contribution in [2.75, 3.05) is 39.5 Å². The number of rotatable bonds is 12. The molecule has 0 aromatic heterocycles. The molecule has 9 nitrogen and oxygen atoms in total. The SMILES string of the molecule is CCCCN(CCN)C(=O)CN1C[C@H](c2ccc3c(c2)OCO3)[C@@H](C(=O)O)[C@@H]1Cc1ccccc1CO. The summed E-state index contributed by atoms with van der Waals surface area (Å²) in [6.07, 6.45) is 2.26. The Labute approximate surface area is 217 Å². The number of aliphatic carboxylic acids is 1. The lowest BCUT2D eigenvalue weighted by Gasteiger charge is -2.30. The minimum atomic E-state index is -0.908. The van der Waals surface area contributed by atoms with Gasteiger partial charge in [-0.3, -0.25) is 14.5 Å². The van der Waals surface area contributed by atoms with Crippen LogP contribution in [0.5, 0.6) is 11.5 Å². The Morgan fingerprint density at radius 3 is 2.57 bits per heavy atom. The van der Waals surface area contributed by atoms with Crippen LogP contribution in [0.4, 0.5) is 0 Å². The summed E-state index contributed by atoms with van der Waals surface area (Å²) in [6.45, 7) is 4.09. The molecule has 1 amide bonds. The van der Waals surface area contributed by atoms with E-state index in [0.717, 1.165) is 29.5 Å². The molecule has 1 fully saturated rings. The number of carboxylic acid groups (broad SMARTS) is 1. The van der Waals surface area contributed by atoms with Crippen molar-refractivity contribution in [3.8, 4) is 11.5 Å². The topological polar surface area (TPSA) is 126 Å². The number of carboxylic acids is 1. The number of nitrogens with two attached hydrogens (primary N) is 1. The molecule has 2 aliphatic heterocycles. The summed E-state index contributed by atoms with van der Waals surface area (Å²) in [4.78, 5) is 29.9. The third-order valence-corrected chi connectivity index (χ3v) is 7.45. The van der Waals surface area contributed by atoms with Crippen molar-refractivity contribution in [2.24, 2.45) is 11.7 Å². The van der Waals surface area contributed by atoms with E-state index in [9.17, 15) is 19.8 Å². The molecule has 3 atom stereocenters. The lowest BCUT2D eigenvalue weighted by Crippen LogP contribution is -2.46. The van der Waals surface area contributed by atoms with Crippen LogP contribution >= 0.6 is 0 Å². The van der Waals surface area contributed by atoms with Gasteiger partial charge in [0, 0.05) is 38.1 Å². The molecule has 0 spiro atoms. The molecule has 0 bridgehead atoms. The molecular formula is C28H37N3O6. The van der Waals surface area contributed by atoms with Gasteiger partial charge in [-0.1, -0.05) is 43.7 Å². The van der Waals surface area contributed by atoms with Crippen LogP contribution in [0.15, 0.2) is 42.5 Å². The average molecular weight is 512 g/mol. The van der Waals surface area contributed by atoms with E-state index in [1.165, 1.54) is 0 Å². The first-order chi connectivity index (χ1) is 18.0. The van der Waals surface area contributed by atoms with E-state index in [0.29, 0.717) is 44.1 Å². The van der Waals surface area contributed by atoms with Crippen LogP contribution in [0, 0.1) is 5.92 Å². The fourth-order valence-electron chi connectivity index (χ4n) is 5.50. The number of likely N-dealkylation sites (tertiary alicyclic amines) is 1. The molecule has 2 heterocycles. The highest BCUT2D eigenvalue weighted by Gasteiger charge is 2.47. The summed E-state index contributed by atoms with van der Waals surface area (Å²) in [5.41, 5.74) is 8.27. The number of aliphatic hydroxyl groups excluding tert-OH is 1. The van der Waals surface area contributed by atoms with E-state index < -0.39 is 17.9 Å². The van der Waals surface area contributed by atoms with Crippen LogP contribution in [0.3, 0.4) is 0 Å². The number of carbonyl (C=O) groups excluding carboxylic acids is 1. The second-order valence-electron chi connectivity index (χ2n) is 9.73. The monoisotopic (exact) mass is 511 g/mol. The second-order valence-corrected chi connectivity index (χ2v) is 9.73. The Bertz CT molecular complexity index is 1090. The smallest absolute Gasteiger partial charge is 0.308 e. The Kier molecular flexibility index (Phi) is 9.02. The summed E-state index contributed by atoms with van der Waals surface area (Å²) in [6, 6.07) is 12.6. The number of ether oxygens (including phenoxy) is 2. The quantitative estimate of drug-likeness (QED) is 0.396. The molecule has 37 heavy (non-hydrogen) atoms. The highest BCUT2D eigenvalue weighted by atomic mass is 16.7. The average Bonchev–Trinajstić information content (AvgIpc) is 3.51. The maximum Gasteiger partial charge on any atom is 0.308 e. The summed E-state index contributed by atoms with van der Waals surface area (Å²) in [5.74, 6) is -0.804. The number of benzene rings is 2. The molecule has 200 valence electrons. The van der Waals surface area contributed by atoms with Crippen molar-refractivity contribution in [3.05, 3.63) is 59.2 Å². The molecule has 9 heteroatoms. The third-order valence-electron chi connectivity index (χ3n) is 7.45. The summed E-state index contributed by atoms with van der Waals surface area (Å²) < 4.78 is 11.0. The lowest BCUT2D eigenvalue weighted by atomic mass is 9.82. The summed E-state index contributed by atoms with van der Waals surface area (Å²) in [7, 11) is 0. The molecule has 0 aliphatic carbocycles. The van der Waals surface area contributed by atoms with Crippen molar-refractivity contribution in [2.45, 2.75) is 44.8 Å². The van der Waals surface area contributed by atoms with Gasteiger partial charge in [0.25, 0.3) is 0 Å². The highest BCUT2D eigenvalue weighted by molar-refractivity contribution is 5.79. The molecule has 4 N–H and O–H groups in total. The van der Waals surface area contributed by atoms with Crippen LogP contribution in [0.2, 0.25) is 0 Å². The Balaban J connectivity index is 1.66. The number of nitrogens with zero attached hydrogens (tertiary/aromatic N) is 2. The van der Waals surface area contributed by atoms with E-state index >= 15 is 0 Å². The zero-order valence-corrected chi connectivity index (χ0v) is 21.3. The van der Waals surface area contributed by atoms with Gasteiger partial charge in [-0.25, -0.2) is 0 Å². The number of hydrogen-bond donors (Lipinski definition) is 3. The largest absolute Gasteiger partial charge is 0.481 e. The van der Waals surface area contributed by atoms with E-state index in [-0.39, 0.29) is 31.8 Å². The van der Waals surface area contributed by atoms with Gasteiger partial charge in [0.1, 0.15) is 0 Å². The molecule has 1 saturated heterocycles. The molecular weight excluding hydrogens is 474 g/mol. The fraction of sp³-hybridized carbons (Fsp3) is 0.500. The summed E-state index contributed by atoms with van der Waals surface area (Å²) in [5, 5.41) is 20.3. The zero-order valence-electron chi connectivity index (χ0n) is 21.3. The molecule has 0 unspecified atom stereocenters. The first-order valence-electron chi connectivity index (χ1n) is 13.0. The predicted octanol–water partition coefficient (Wildman–Crippen LogP) is 2.21. The number of hydrogen-bond acceptors (Lipinski definition) is 7. The first-order valence-corrected chi connectivity index (χ1v) is 13.0. The van der Waals surface area contributed by atoms with Crippen LogP contribution in [0.25, 0.3) is 0 Å². The van der Waals surface area contributed by atoms with E-state index in [2.05, 4.69) is 6.92 Å². The predicted molar refractivity (Wildman–Crippen MR) is 138 cm³/mol.